The highest BCUT2D eigenvalue weighted by atomic mass is 16.5. The van der Waals surface area contributed by atoms with Crippen molar-refractivity contribution in [3.05, 3.63) is 0 Å². The third-order valence-electron chi connectivity index (χ3n) is 4.68. The van der Waals surface area contributed by atoms with E-state index in [1.807, 2.05) is 7.05 Å². The molecule has 1 heterocycles. The Bertz CT molecular complexity index is 357. The van der Waals surface area contributed by atoms with Crippen LogP contribution in [0.5, 0.6) is 0 Å². The van der Waals surface area contributed by atoms with E-state index in [-0.39, 0.29) is 0 Å². The van der Waals surface area contributed by atoms with Crippen LogP contribution in [0.25, 0.3) is 0 Å². The standard InChI is InChI=1S/C18H40N6O/c1-17(16-24-12-10-23(4)11-13-24)15-21-18(19-2)20-7-9-22(3)8-6-14-25-5/h17H,6-16H2,1-5H3,(H2,19,20,21). The van der Waals surface area contributed by atoms with Crippen LogP contribution in [0.4, 0.5) is 0 Å². The van der Waals surface area contributed by atoms with Gasteiger partial charge in [0.25, 0.3) is 0 Å². The summed E-state index contributed by atoms with van der Waals surface area (Å²) in [6.45, 7) is 12.9. The van der Waals surface area contributed by atoms with E-state index in [1.165, 1.54) is 26.2 Å². The van der Waals surface area contributed by atoms with Gasteiger partial charge in [-0.2, -0.15) is 0 Å². The first-order valence-electron chi connectivity index (χ1n) is 9.58. The minimum atomic E-state index is 0.610. The molecular weight excluding hydrogens is 316 g/mol. The van der Waals surface area contributed by atoms with Crippen LogP contribution in [0.2, 0.25) is 0 Å². The number of likely N-dealkylation sites (N-methyl/N-ethyl adjacent to an activating group) is 2. The molecule has 148 valence electrons. The second-order valence-electron chi connectivity index (χ2n) is 7.24. The van der Waals surface area contributed by atoms with Crippen molar-refractivity contribution in [3.63, 3.8) is 0 Å². The van der Waals surface area contributed by atoms with Crippen LogP contribution in [0.1, 0.15) is 13.3 Å². The number of nitrogens with one attached hydrogen (secondary N) is 2. The van der Waals surface area contributed by atoms with Crippen molar-refractivity contribution >= 4 is 5.96 Å². The van der Waals surface area contributed by atoms with Gasteiger partial charge in [0.05, 0.1) is 0 Å². The van der Waals surface area contributed by atoms with Gasteiger partial charge in [-0.3, -0.25) is 4.99 Å². The van der Waals surface area contributed by atoms with E-state index < -0.39 is 0 Å². The van der Waals surface area contributed by atoms with Crippen molar-refractivity contribution in [2.45, 2.75) is 13.3 Å². The number of aliphatic imine (C=N–C) groups is 1. The van der Waals surface area contributed by atoms with Crippen molar-refractivity contribution in [3.8, 4) is 0 Å². The Morgan fingerprint density at radius 3 is 2.56 bits per heavy atom. The van der Waals surface area contributed by atoms with E-state index in [4.69, 9.17) is 4.74 Å². The lowest BCUT2D eigenvalue weighted by molar-refractivity contribution is 0.139. The number of hydrogen-bond acceptors (Lipinski definition) is 5. The maximum atomic E-state index is 5.09. The molecule has 0 aromatic rings. The van der Waals surface area contributed by atoms with Gasteiger partial charge in [0.15, 0.2) is 5.96 Å². The zero-order valence-corrected chi connectivity index (χ0v) is 17.1. The van der Waals surface area contributed by atoms with Crippen molar-refractivity contribution in [1.29, 1.82) is 0 Å². The molecule has 1 atom stereocenters. The SMILES string of the molecule is CN=C(NCCN(C)CCCOC)NCC(C)CN1CCN(C)CC1. The molecule has 0 amide bonds. The van der Waals surface area contributed by atoms with Gasteiger partial charge in [0, 0.05) is 79.7 Å². The summed E-state index contributed by atoms with van der Waals surface area (Å²) in [6.07, 6.45) is 1.07. The number of nitrogens with zero attached hydrogens (tertiary/aromatic N) is 4. The van der Waals surface area contributed by atoms with Crippen LogP contribution in [0.15, 0.2) is 4.99 Å². The molecule has 1 fully saturated rings. The predicted octanol–water partition coefficient (Wildman–Crippen LogP) is 0.00320. The smallest absolute Gasteiger partial charge is 0.191 e. The second kappa shape index (κ2) is 13.3. The molecule has 1 saturated heterocycles. The molecular formula is C18H40N6O. The summed E-state index contributed by atoms with van der Waals surface area (Å²) < 4.78 is 5.09. The Morgan fingerprint density at radius 2 is 1.92 bits per heavy atom. The Labute approximate surface area is 154 Å². The molecule has 1 rings (SSSR count). The van der Waals surface area contributed by atoms with Crippen molar-refractivity contribution in [1.82, 2.24) is 25.3 Å². The van der Waals surface area contributed by atoms with Crippen molar-refractivity contribution in [2.24, 2.45) is 10.9 Å². The predicted molar refractivity (Wildman–Crippen MR) is 106 cm³/mol. The van der Waals surface area contributed by atoms with E-state index in [2.05, 4.69) is 51.3 Å². The van der Waals surface area contributed by atoms with Gasteiger partial charge < -0.3 is 30.1 Å². The number of methoxy groups -OCH3 is 1. The molecule has 0 aliphatic carbocycles. The second-order valence-corrected chi connectivity index (χ2v) is 7.24. The first kappa shape index (κ1) is 22.2. The van der Waals surface area contributed by atoms with E-state index >= 15 is 0 Å². The normalized spacial score (nSPS) is 18.6. The van der Waals surface area contributed by atoms with Gasteiger partial charge in [-0.15, -0.1) is 0 Å². The van der Waals surface area contributed by atoms with Crippen LogP contribution >= 0.6 is 0 Å². The first-order valence-corrected chi connectivity index (χ1v) is 9.58. The zero-order valence-electron chi connectivity index (χ0n) is 17.1. The maximum Gasteiger partial charge on any atom is 0.191 e. The lowest BCUT2D eigenvalue weighted by Crippen LogP contribution is -2.48. The van der Waals surface area contributed by atoms with Crippen molar-refractivity contribution < 1.29 is 4.74 Å². The van der Waals surface area contributed by atoms with Gasteiger partial charge in [-0.05, 0) is 26.4 Å². The van der Waals surface area contributed by atoms with E-state index in [9.17, 15) is 0 Å². The molecule has 1 unspecified atom stereocenters. The Morgan fingerprint density at radius 1 is 1.20 bits per heavy atom. The minimum Gasteiger partial charge on any atom is -0.385 e. The highest BCUT2D eigenvalue weighted by Crippen LogP contribution is 2.03. The maximum absolute atomic E-state index is 5.09. The summed E-state index contributed by atoms with van der Waals surface area (Å²) in [6, 6.07) is 0. The van der Waals surface area contributed by atoms with Crippen molar-refractivity contribution in [2.75, 3.05) is 93.8 Å². The lowest BCUT2D eigenvalue weighted by atomic mass is 10.1. The summed E-state index contributed by atoms with van der Waals surface area (Å²) in [7, 11) is 7.93. The first-order chi connectivity index (χ1) is 12.0. The van der Waals surface area contributed by atoms with E-state index in [0.717, 1.165) is 51.7 Å². The van der Waals surface area contributed by atoms with Gasteiger partial charge in [0.2, 0.25) is 0 Å². The number of piperazine rings is 1. The third-order valence-corrected chi connectivity index (χ3v) is 4.68. The average molecular weight is 357 g/mol. The molecule has 7 nitrogen and oxygen atoms in total. The summed E-state index contributed by atoms with van der Waals surface area (Å²) in [5.74, 6) is 1.51. The highest BCUT2D eigenvalue weighted by molar-refractivity contribution is 5.79. The molecule has 2 N–H and O–H groups in total. The van der Waals surface area contributed by atoms with Gasteiger partial charge in [-0.1, -0.05) is 6.92 Å². The third kappa shape index (κ3) is 10.6. The van der Waals surface area contributed by atoms with Crippen LogP contribution in [-0.4, -0.2) is 114 Å². The highest BCUT2D eigenvalue weighted by Gasteiger charge is 2.16. The molecule has 25 heavy (non-hydrogen) atoms. The van der Waals surface area contributed by atoms with Crippen LogP contribution in [0, 0.1) is 5.92 Å². The van der Waals surface area contributed by atoms with Gasteiger partial charge in [0.1, 0.15) is 0 Å². The monoisotopic (exact) mass is 356 g/mol. The largest absolute Gasteiger partial charge is 0.385 e. The molecule has 0 saturated carbocycles. The molecule has 0 radical (unpaired) electrons. The fourth-order valence-electron chi connectivity index (χ4n) is 2.98. The number of guanidine groups is 1. The van der Waals surface area contributed by atoms with Crippen LogP contribution in [-0.2, 0) is 4.74 Å². The number of rotatable bonds is 11. The summed E-state index contributed by atoms with van der Waals surface area (Å²) >= 11 is 0. The summed E-state index contributed by atoms with van der Waals surface area (Å²) in [5, 5.41) is 6.86. The lowest BCUT2D eigenvalue weighted by Gasteiger charge is -2.34. The van der Waals surface area contributed by atoms with E-state index in [1.54, 1.807) is 7.11 Å². The fraction of sp³-hybridized carbons (Fsp3) is 0.944. The molecule has 0 aromatic heterocycles. The van der Waals surface area contributed by atoms with E-state index in [0.29, 0.717) is 5.92 Å². The topological polar surface area (TPSA) is 55.4 Å². The van der Waals surface area contributed by atoms with Crippen LogP contribution < -0.4 is 10.6 Å². The molecule has 0 aromatic carbocycles. The molecule has 7 heteroatoms. The minimum absolute atomic E-state index is 0.610. The fourth-order valence-corrected chi connectivity index (χ4v) is 2.98. The average Bonchev–Trinajstić information content (AvgIpc) is 2.60. The molecule has 1 aliphatic rings. The molecule has 1 aliphatic heterocycles. The van der Waals surface area contributed by atoms with Gasteiger partial charge >= 0.3 is 0 Å². The Balaban J connectivity index is 2.12. The summed E-state index contributed by atoms with van der Waals surface area (Å²) in [5.41, 5.74) is 0. The molecule has 0 bridgehead atoms. The Hall–Kier alpha value is -0.890. The quantitative estimate of drug-likeness (QED) is 0.309. The number of ether oxygens (including phenoxy) is 1. The molecule has 0 spiro atoms. The zero-order chi connectivity index (χ0) is 18.5. The summed E-state index contributed by atoms with van der Waals surface area (Å²) in [4.78, 5) is 11.6. The Kier molecular flexibility index (Phi) is 11.8. The number of hydrogen-bond donors (Lipinski definition) is 2. The van der Waals surface area contributed by atoms with Crippen LogP contribution in [0.3, 0.4) is 0 Å². The van der Waals surface area contributed by atoms with Gasteiger partial charge in [-0.25, -0.2) is 0 Å².